The molecule has 0 bridgehead atoms. The van der Waals surface area contributed by atoms with Gasteiger partial charge in [0.05, 0.1) is 5.75 Å². The summed E-state index contributed by atoms with van der Waals surface area (Å²) >= 11 is 0. The molecule has 0 saturated carbocycles. The summed E-state index contributed by atoms with van der Waals surface area (Å²) in [7, 11) is -3.96. The second-order valence-corrected chi connectivity index (χ2v) is 6.85. The molecule has 0 aliphatic heterocycles. The lowest BCUT2D eigenvalue weighted by atomic mass is 10.2. The molecule has 0 heterocycles. The average molecular weight is 320 g/mol. The van der Waals surface area contributed by atoms with Gasteiger partial charge in [0, 0.05) is 0 Å². The number of rotatable bonds is 8. The van der Waals surface area contributed by atoms with Crippen molar-refractivity contribution in [3.8, 4) is 0 Å². The summed E-state index contributed by atoms with van der Waals surface area (Å²) in [6.45, 7) is 2.03. The van der Waals surface area contributed by atoms with Crippen LogP contribution in [0.15, 0.2) is 17.0 Å². The molecule has 0 amide bonds. The zero-order chi connectivity index (χ0) is 16.0. The highest BCUT2D eigenvalue weighted by molar-refractivity contribution is 7.91. The number of carboxylic acids is 1. The van der Waals surface area contributed by atoms with Crippen molar-refractivity contribution >= 4 is 15.8 Å². The maximum atomic E-state index is 13.9. The van der Waals surface area contributed by atoms with Gasteiger partial charge in [-0.05, 0) is 18.6 Å². The summed E-state index contributed by atoms with van der Waals surface area (Å²) in [5, 5.41) is 8.74. The molecule has 4 nitrogen and oxygen atoms in total. The van der Waals surface area contributed by atoms with Gasteiger partial charge < -0.3 is 5.11 Å². The second kappa shape index (κ2) is 7.49. The molecular formula is C14H18F2O4S. The molecule has 0 unspecified atom stereocenters. The molecule has 1 aromatic carbocycles. The Morgan fingerprint density at radius 1 is 1.14 bits per heavy atom. The van der Waals surface area contributed by atoms with E-state index < -0.39 is 37.9 Å². The number of unbranched alkanes of at least 4 members (excludes halogenated alkanes) is 4. The summed E-state index contributed by atoms with van der Waals surface area (Å²) in [5.41, 5.74) is -1.23. The minimum Gasteiger partial charge on any atom is -0.477 e. The van der Waals surface area contributed by atoms with Gasteiger partial charge in [0.15, 0.2) is 15.7 Å². The van der Waals surface area contributed by atoms with Crippen molar-refractivity contribution in [1.82, 2.24) is 0 Å². The summed E-state index contributed by atoms with van der Waals surface area (Å²) < 4.78 is 51.2. The summed E-state index contributed by atoms with van der Waals surface area (Å²) in [6.07, 6.45) is 3.96. The molecule has 0 atom stereocenters. The quantitative estimate of drug-likeness (QED) is 0.588. The molecule has 1 N–H and O–H groups in total. The third-order valence-corrected chi connectivity index (χ3v) is 4.93. The van der Waals surface area contributed by atoms with Gasteiger partial charge in [0.1, 0.15) is 16.3 Å². The number of hydrogen-bond donors (Lipinski definition) is 1. The van der Waals surface area contributed by atoms with Crippen LogP contribution in [-0.2, 0) is 9.84 Å². The predicted molar refractivity (Wildman–Crippen MR) is 74.1 cm³/mol. The summed E-state index contributed by atoms with van der Waals surface area (Å²) in [5.74, 6) is -4.93. The Kier molecular flexibility index (Phi) is 6.26. The monoisotopic (exact) mass is 320 g/mol. The van der Waals surface area contributed by atoms with Gasteiger partial charge in [-0.3, -0.25) is 0 Å². The number of carboxylic acid groups (broad SMARTS) is 1. The van der Waals surface area contributed by atoms with Crippen LogP contribution >= 0.6 is 0 Å². The Balaban J connectivity index is 2.94. The Morgan fingerprint density at radius 3 is 2.33 bits per heavy atom. The van der Waals surface area contributed by atoms with Gasteiger partial charge in [0.25, 0.3) is 0 Å². The van der Waals surface area contributed by atoms with Gasteiger partial charge >= 0.3 is 5.97 Å². The van der Waals surface area contributed by atoms with Crippen LogP contribution in [0.4, 0.5) is 8.78 Å². The zero-order valence-corrected chi connectivity index (χ0v) is 12.5. The fourth-order valence-corrected chi connectivity index (χ4v) is 3.43. The SMILES string of the molecule is CCCCCCCS(=O)(=O)c1ccc(F)c(C(=O)O)c1F. The lowest BCUT2D eigenvalue weighted by Crippen LogP contribution is -2.13. The predicted octanol–water partition coefficient (Wildman–Crippen LogP) is 3.41. The van der Waals surface area contributed by atoms with Crippen LogP contribution in [0, 0.1) is 11.6 Å². The Labute approximate surface area is 122 Å². The van der Waals surface area contributed by atoms with Gasteiger partial charge in [0.2, 0.25) is 0 Å². The lowest BCUT2D eigenvalue weighted by molar-refractivity contribution is 0.0685. The maximum absolute atomic E-state index is 13.9. The van der Waals surface area contributed by atoms with Crippen LogP contribution in [-0.4, -0.2) is 25.2 Å². The molecule has 1 rings (SSSR count). The molecule has 21 heavy (non-hydrogen) atoms. The van der Waals surface area contributed by atoms with E-state index in [4.69, 9.17) is 5.11 Å². The largest absolute Gasteiger partial charge is 0.477 e. The van der Waals surface area contributed by atoms with E-state index in [0.717, 1.165) is 25.3 Å². The van der Waals surface area contributed by atoms with Crippen LogP contribution in [0.25, 0.3) is 0 Å². The van der Waals surface area contributed by atoms with Crippen LogP contribution < -0.4 is 0 Å². The fourth-order valence-electron chi connectivity index (χ4n) is 1.98. The first-order valence-corrected chi connectivity index (χ1v) is 8.40. The van der Waals surface area contributed by atoms with E-state index in [1.54, 1.807) is 0 Å². The topological polar surface area (TPSA) is 71.4 Å². The molecule has 0 aliphatic rings. The van der Waals surface area contributed by atoms with Crippen molar-refractivity contribution in [3.05, 3.63) is 29.3 Å². The minimum absolute atomic E-state index is 0.279. The van der Waals surface area contributed by atoms with Crippen molar-refractivity contribution in [2.45, 2.75) is 43.9 Å². The van der Waals surface area contributed by atoms with Crippen LogP contribution in [0.3, 0.4) is 0 Å². The molecule has 118 valence electrons. The zero-order valence-electron chi connectivity index (χ0n) is 11.7. The van der Waals surface area contributed by atoms with Crippen LogP contribution in [0.1, 0.15) is 49.4 Å². The molecule has 0 spiro atoms. The number of carbonyl (C=O) groups is 1. The van der Waals surface area contributed by atoms with E-state index in [2.05, 4.69) is 0 Å². The lowest BCUT2D eigenvalue weighted by Gasteiger charge is -2.08. The van der Waals surface area contributed by atoms with Crippen LogP contribution in [0.5, 0.6) is 0 Å². The van der Waals surface area contributed by atoms with Gasteiger partial charge in [-0.1, -0.05) is 32.6 Å². The van der Waals surface area contributed by atoms with Crippen molar-refractivity contribution in [2.24, 2.45) is 0 Å². The first-order valence-electron chi connectivity index (χ1n) is 6.75. The normalized spacial score (nSPS) is 11.6. The smallest absolute Gasteiger partial charge is 0.341 e. The second-order valence-electron chi connectivity index (χ2n) is 4.77. The molecule has 0 aliphatic carbocycles. The molecule has 0 aromatic heterocycles. The summed E-state index contributed by atoms with van der Waals surface area (Å²) in [6, 6.07) is 1.44. The van der Waals surface area contributed by atoms with Gasteiger partial charge in [-0.2, -0.15) is 0 Å². The number of sulfone groups is 1. The van der Waals surface area contributed by atoms with Crippen molar-refractivity contribution in [3.63, 3.8) is 0 Å². The van der Waals surface area contributed by atoms with E-state index in [1.165, 1.54) is 0 Å². The standard InChI is InChI=1S/C14H18F2O4S/c1-2-3-4-5-6-9-21(19,20)11-8-7-10(15)12(13(11)16)14(17)18/h7-8H,2-6,9H2,1H3,(H,17,18). The molecule has 0 fully saturated rings. The Bertz CT molecular complexity index is 612. The van der Waals surface area contributed by atoms with Crippen LogP contribution in [0.2, 0.25) is 0 Å². The van der Waals surface area contributed by atoms with Gasteiger partial charge in [-0.25, -0.2) is 22.0 Å². The minimum atomic E-state index is -3.96. The fraction of sp³-hybridized carbons (Fsp3) is 0.500. The van der Waals surface area contributed by atoms with Gasteiger partial charge in [-0.15, -0.1) is 0 Å². The molecular weight excluding hydrogens is 302 g/mol. The highest BCUT2D eigenvalue weighted by atomic mass is 32.2. The molecule has 0 saturated heterocycles. The Hall–Kier alpha value is -1.50. The van der Waals surface area contributed by atoms with Crippen molar-refractivity contribution in [1.29, 1.82) is 0 Å². The van der Waals surface area contributed by atoms with E-state index in [0.29, 0.717) is 18.9 Å². The molecule has 0 radical (unpaired) electrons. The molecule has 7 heteroatoms. The van der Waals surface area contributed by atoms with E-state index in [1.807, 2.05) is 6.92 Å². The van der Waals surface area contributed by atoms with Crippen molar-refractivity contribution in [2.75, 3.05) is 5.75 Å². The third-order valence-electron chi connectivity index (χ3n) is 3.12. The molecule has 1 aromatic rings. The van der Waals surface area contributed by atoms with E-state index in [-0.39, 0.29) is 5.75 Å². The number of hydrogen-bond acceptors (Lipinski definition) is 3. The maximum Gasteiger partial charge on any atom is 0.341 e. The van der Waals surface area contributed by atoms with E-state index >= 15 is 0 Å². The van der Waals surface area contributed by atoms with E-state index in [9.17, 15) is 22.0 Å². The average Bonchev–Trinajstić information content (AvgIpc) is 2.37. The number of benzene rings is 1. The highest BCUT2D eigenvalue weighted by Crippen LogP contribution is 2.23. The first-order chi connectivity index (χ1) is 9.81. The highest BCUT2D eigenvalue weighted by Gasteiger charge is 2.26. The number of halogens is 2. The third kappa shape index (κ3) is 4.49. The number of aromatic carboxylic acids is 1. The summed E-state index contributed by atoms with van der Waals surface area (Å²) in [4.78, 5) is 10.0. The van der Waals surface area contributed by atoms with Crippen molar-refractivity contribution < 1.29 is 27.1 Å². The first kappa shape index (κ1) is 17.6. The Morgan fingerprint density at radius 2 is 1.76 bits per heavy atom.